The molecule has 0 saturated heterocycles. The zero-order valence-corrected chi connectivity index (χ0v) is 31.5. The number of carbonyl (C=O) groups excluding carboxylic acids is 8. The van der Waals surface area contributed by atoms with Crippen LogP contribution in [0.3, 0.4) is 0 Å². The molecule has 0 aromatic carbocycles. The van der Waals surface area contributed by atoms with E-state index in [-0.39, 0.29) is 55.2 Å². The second-order valence-electron chi connectivity index (χ2n) is 11.0. The molecule has 4 aliphatic rings. The van der Waals surface area contributed by atoms with E-state index < -0.39 is 0 Å². The Labute approximate surface area is 305 Å². The molecule has 0 atom stereocenters. The highest BCUT2D eigenvalue weighted by Gasteiger charge is 2.21. The topological polar surface area (TPSA) is 137 Å². The van der Waals surface area contributed by atoms with Crippen molar-refractivity contribution in [1.82, 2.24) is 0 Å². The summed E-state index contributed by atoms with van der Waals surface area (Å²) in [5.74, 6) is -1.22. The van der Waals surface area contributed by atoms with Crippen LogP contribution in [0.5, 0.6) is 0 Å². The number of halogens is 4. The van der Waals surface area contributed by atoms with Gasteiger partial charge in [-0.2, -0.15) is 0 Å². The number of carbonyl (C=O) groups is 8. The van der Waals surface area contributed by atoms with E-state index in [1.165, 1.54) is 48.6 Å². The highest BCUT2D eigenvalue weighted by Crippen LogP contribution is 2.25. The molecule has 0 amide bonds. The molecule has 0 unspecified atom stereocenters. The first-order valence-electron chi connectivity index (χ1n) is 14.9. The van der Waals surface area contributed by atoms with Crippen LogP contribution in [-0.2, 0) is 38.4 Å². The summed E-state index contributed by atoms with van der Waals surface area (Å²) in [5, 5.41) is 0. The summed E-state index contributed by atoms with van der Waals surface area (Å²) in [6, 6.07) is 0. The lowest BCUT2D eigenvalue weighted by molar-refractivity contribution is -0.114. The molecule has 0 bridgehead atoms. The Hall–Kier alpha value is -2.80. The highest BCUT2D eigenvalue weighted by atomic mass is 79.9. The largest absolute Gasteiger partial charge is 0.290 e. The molecule has 0 aliphatic heterocycles. The van der Waals surface area contributed by atoms with Gasteiger partial charge in [-0.15, -0.1) is 0 Å². The molecule has 8 nitrogen and oxygen atoms in total. The molecule has 0 spiro atoms. The number of allylic oxidation sites excluding steroid dienone is 16. The summed E-state index contributed by atoms with van der Waals surface area (Å²) in [7, 11) is 0. The van der Waals surface area contributed by atoms with E-state index in [4.69, 9.17) is 0 Å². The van der Waals surface area contributed by atoms with Gasteiger partial charge in [-0.3, -0.25) is 38.4 Å². The average molecular weight is 898 g/mol. The SMILES string of the molecule is O=C1C=C(CCCCCC2=CC(=O)C(Br)=CC2=O)C(=O)C=C1Br.O=C1C=C(CCCCCCC2=CC(=O)C(Br)=CC2=O)C(=O)C=C1Br. The Balaban J connectivity index is 0.000000256. The van der Waals surface area contributed by atoms with Crippen LogP contribution in [0.15, 0.2) is 88.8 Å². The van der Waals surface area contributed by atoms with E-state index in [0.29, 0.717) is 56.9 Å². The molecular weight excluding hydrogens is 868 g/mol. The number of ketones is 8. The number of rotatable bonds is 13. The van der Waals surface area contributed by atoms with Crippen molar-refractivity contribution in [2.24, 2.45) is 0 Å². The first kappa shape index (κ1) is 38.6. The van der Waals surface area contributed by atoms with Crippen molar-refractivity contribution in [3.63, 3.8) is 0 Å². The second kappa shape index (κ2) is 18.7. The van der Waals surface area contributed by atoms with Gasteiger partial charge in [0.15, 0.2) is 46.3 Å². The molecule has 0 aromatic rings. The van der Waals surface area contributed by atoms with E-state index >= 15 is 0 Å². The van der Waals surface area contributed by atoms with E-state index in [1.54, 1.807) is 0 Å². The summed E-state index contributed by atoms with van der Waals surface area (Å²) < 4.78 is 1.18. The number of unbranched alkanes of at least 4 members (excludes halogenated alkanes) is 5. The van der Waals surface area contributed by atoms with Crippen LogP contribution in [0.1, 0.15) is 70.6 Å². The molecule has 47 heavy (non-hydrogen) atoms. The predicted octanol–water partition coefficient (Wildman–Crippen LogP) is 7.69. The molecule has 0 fully saturated rings. The fourth-order valence-corrected chi connectivity index (χ4v) is 6.17. The third-order valence-corrected chi connectivity index (χ3v) is 9.97. The Morgan fingerprint density at radius 1 is 0.277 bits per heavy atom. The summed E-state index contributed by atoms with van der Waals surface area (Å²) in [5.41, 5.74) is 2.14. The summed E-state index contributed by atoms with van der Waals surface area (Å²) >= 11 is 12.2. The predicted molar refractivity (Wildman–Crippen MR) is 191 cm³/mol. The van der Waals surface area contributed by atoms with Crippen LogP contribution in [-0.4, -0.2) is 46.3 Å². The van der Waals surface area contributed by atoms with E-state index in [1.807, 2.05) is 0 Å². The van der Waals surface area contributed by atoms with Gasteiger partial charge >= 0.3 is 0 Å². The van der Waals surface area contributed by atoms with Gasteiger partial charge < -0.3 is 0 Å². The number of hydrogen-bond acceptors (Lipinski definition) is 8. The lowest BCUT2D eigenvalue weighted by Gasteiger charge is -2.10. The minimum atomic E-state index is -0.187. The normalized spacial score (nSPS) is 18.4. The minimum Gasteiger partial charge on any atom is -0.290 e. The van der Waals surface area contributed by atoms with Gasteiger partial charge in [0.2, 0.25) is 0 Å². The molecule has 4 aliphatic carbocycles. The van der Waals surface area contributed by atoms with Gasteiger partial charge in [0.05, 0.1) is 17.9 Å². The van der Waals surface area contributed by atoms with Gasteiger partial charge in [-0.25, -0.2) is 0 Å². The lowest BCUT2D eigenvalue weighted by Crippen LogP contribution is -2.11. The van der Waals surface area contributed by atoms with Crippen LogP contribution < -0.4 is 0 Å². The molecule has 0 heterocycles. The second-order valence-corrected chi connectivity index (χ2v) is 14.5. The highest BCUT2D eigenvalue weighted by molar-refractivity contribution is 9.12. The van der Waals surface area contributed by atoms with Crippen molar-refractivity contribution in [3.8, 4) is 0 Å². The Morgan fingerprint density at radius 3 is 0.681 bits per heavy atom. The zero-order chi connectivity index (χ0) is 34.7. The third kappa shape index (κ3) is 12.0. The van der Waals surface area contributed by atoms with Crippen molar-refractivity contribution >= 4 is 110 Å². The Morgan fingerprint density at radius 2 is 0.468 bits per heavy atom. The van der Waals surface area contributed by atoms with Crippen LogP contribution in [0.25, 0.3) is 0 Å². The van der Waals surface area contributed by atoms with Crippen LogP contribution in [0.4, 0.5) is 0 Å². The maximum Gasteiger partial charge on any atom is 0.193 e. The first-order valence-corrected chi connectivity index (χ1v) is 18.1. The fraction of sp³-hybridized carbons (Fsp3) is 0.314. The molecule has 246 valence electrons. The average Bonchev–Trinajstić information content (AvgIpc) is 3.00. The Kier molecular flexibility index (Phi) is 15.3. The zero-order valence-electron chi connectivity index (χ0n) is 25.2. The molecule has 12 heteroatoms. The van der Waals surface area contributed by atoms with Gasteiger partial charge in [0, 0.05) is 46.6 Å². The van der Waals surface area contributed by atoms with Gasteiger partial charge in [-0.05, 0) is 139 Å². The maximum absolute atomic E-state index is 11.8. The van der Waals surface area contributed by atoms with E-state index in [9.17, 15) is 38.4 Å². The monoisotopic (exact) mass is 894 g/mol. The number of hydrogen-bond donors (Lipinski definition) is 0. The van der Waals surface area contributed by atoms with Crippen molar-refractivity contribution in [2.45, 2.75) is 70.6 Å². The minimum absolute atomic E-state index is 0.115. The van der Waals surface area contributed by atoms with Gasteiger partial charge in [0.25, 0.3) is 0 Å². The van der Waals surface area contributed by atoms with Crippen LogP contribution in [0, 0.1) is 0 Å². The van der Waals surface area contributed by atoms with E-state index in [2.05, 4.69) is 63.7 Å². The molecule has 0 radical (unpaired) electrons. The fourth-order valence-electron chi connectivity index (χ4n) is 4.88. The van der Waals surface area contributed by atoms with Crippen LogP contribution >= 0.6 is 63.7 Å². The van der Waals surface area contributed by atoms with Crippen molar-refractivity contribution < 1.29 is 38.4 Å². The third-order valence-electron chi connectivity index (χ3n) is 7.49. The first-order chi connectivity index (χ1) is 22.3. The molecular formula is C35H30Br4O8. The Bertz CT molecular complexity index is 1560. The van der Waals surface area contributed by atoms with Crippen molar-refractivity contribution in [1.29, 1.82) is 0 Å². The summed E-state index contributed by atoms with van der Waals surface area (Å²) in [4.78, 5) is 93.1. The van der Waals surface area contributed by atoms with Crippen molar-refractivity contribution in [2.75, 3.05) is 0 Å². The maximum atomic E-state index is 11.8. The molecule has 0 aromatic heterocycles. The molecule has 0 saturated carbocycles. The summed E-state index contributed by atoms with van der Waals surface area (Å²) in [6.07, 6.45) is 18.8. The quantitative estimate of drug-likeness (QED) is 0.136. The van der Waals surface area contributed by atoms with Crippen LogP contribution in [0.2, 0.25) is 0 Å². The van der Waals surface area contributed by atoms with Gasteiger partial charge in [-0.1, -0.05) is 19.3 Å². The standard InChI is InChI=1S/C18H16Br2O4.C17H14Br2O4/c19-13-9-15(21)11(7-17(13)23)5-3-1-2-4-6-12-8-18(24)14(20)10-16(12)22;18-12-8-14(20)10(6-16(12)22)4-2-1-3-5-11-7-17(23)13(19)9-15(11)21/h7-10H,1-6H2;6-9H,1-5H2. The van der Waals surface area contributed by atoms with E-state index in [0.717, 1.165) is 44.9 Å². The smallest absolute Gasteiger partial charge is 0.193 e. The summed E-state index contributed by atoms with van der Waals surface area (Å²) in [6.45, 7) is 0. The lowest BCUT2D eigenvalue weighted by atomic mass is 9.95. The van der Waals surface area contributed by atoms with Gasteiger partial charge in [0.1, 0.15) is 0 Å². The van der Waals surface area contributed by atoms with Crippen molar-refractivity contribution in [3.05, 3.63) is 88.8 Å². The molecule has 4 rings (SSSR count). The molecule has 0 N–H and O–H groups in total.